The molecule has 122 valence electrons. The Morgan fingerprint density at radius 2 is 1.83 bits per heavy atom. The molecular formula is C19H22O4. The van der Waals surface area contributed by atoms with Crippen molar-refractivity contribution in [3.05, 3.63) is 47.5 Å². The minimum atomic E-state index is -0.815. The smallest absolute Gasteiger partial charge is 0.303 e. The molecule has 0 spiro atoms. The largest absolute Gasteiger partial charge is 0.493 e. The zero-order chi connectivity index (χ0) is 17.0. The number of carboxylic acid groups (broad SMARTS) is 1. The molecule has 4 nitrogen and oxygen atoms in total. The average Bonchev–Trinajstić information content (AvgIpc) is 2.53. The summed E-state index contributed by atoms with van der Waals surface area (Å²) in [5, 5.41) is 9.05. The lowest BCUT2D eigenvalue weighted by molar-refractivity contribution is -0.137. The minimum Gasteiger partial charge on any atom is -0.493 e. The summed E-state index contributed by atoms with van der Waals surface area (Å²) in [7, 11) is 3.20. The van der Waals surface area contributed by atoms with Crippen LogP contribution in [0.1, 0.15) is 30.4 Å². The number of rotatable bonds is 6. The summed E-state index contributed by atoms with van der Waals surface area (Å²) in [6, 6.07) is 11.9. The summed E-state index contributed by atoms with van der Waals surface area (Å²) < 4.78 is 11.0. The summed E-state index contributed by atoms with van der Waals surface area (Å²) in [6.45, 7) is 3.94. The van der Waals surface area contributed by atoms with Crippen molar-refractivity contribution in [2.75, 3.05) is 14.2 Å². The summed E-state index contributed by atoms with van der Waals surface area (Å²) >= 11 is 0. The molecule has 4 heteroatoms. The molecule has 2 rings (SSSR count). The van der Waals surface area contributed by atoms with Gasteiger partial charge in [0.2, 0.25) is 0 Å². The zero-order valence-corrected chi connectivity index (χ0v) is 13.9. The third-order valence-electron chi connectivity index (χ3n) is 3.99. The van der Waals surface area contributed by atoms with Gasteiger partial charge in [-0.3, -0.25) is 4.79 Å². The maximum Gasteiger partial charge on any atom is 0.303 e. The summed E-state index contributed by atoms with van der Waals surface area (Å²) in [5.41, 5.74) is 4.00. The highest BCUT2D eigenvalue weighted by atomic mass is 16.5. The number of methoxy groups -OCH3 is 2. The number of ether oxygens (including phenoxy) is 2. The quantitative estimate of drug-likeness (QED) is 0.865. The van der Waals surface area contributed by atoms with Crippen molar-refractivity contribution < 1.29 is 19.4 Å². The molecule has 0 bridgehead atoms. The van der Waals surface area contributed by atoms with Gasteiger partial charge < -0.3 is 14.6 Å². The molecule has 23 heavy (non-hydrogen) atoms. The lowest BCUT2D eigenvalue weighted by Crippen LogP contribution is -2.04. The Kier molecular flexibility index (Phi) is 5.27. The second-order valence-corrected chi connectivity index (χ2v) is 5.62. The first-order chi connectivity index (χ1) is 11.0. The van der Waals surface area contributed by atoms with E-state index in [1.165, 1.54) is 0 Å². The topological polar surface area (TPSA) is 55.8 Å². The molecule has 0 saturated heterocycles. The van der Waals surface area contributed by atoms with E-state index in [-0.39, 0.29) is 12.3 Å². The Hall–Kier alpha value is -2.49. The Labute approximate surface area is 136 Å². The van der Waals surface area contributed by atoms with E-state index >= 15 is 0 Å². The Bertz CT molecular complexity index is 707. The molecule has 2 aromatic carbocycles. The lowest BCUT2D eigenvalue weighted by Gasteiger charge is -2.19. The maximum atomic E-state index is 11.0. The molecule has 0 aliphatic rings. The molecule has 0 fully saturated rings. The standard InChI is InChI=1S/C19H22O4/c1-12-7-5-6-8-15(12)16-10-14(13(2)9-18(20)21)11-17(22-3)19(16)23-4/h5-8,10-11,13H,9H2,1-4H3,(H,20,21). The van der Waals surface area contributed by atoms with E-state index in [0.29, 0.717) is 11.5 Å². The lowest BCUT2D eigenvalue weighted by atomic mass is 9.91. The highest BCUT2D eigenvalue weighted by Crippen LogP contribution is 2.42. The van der Waals surface area contributed by atoms with Crippen LogP contribution in [0.3, 0.4) is 0 Å². The molecule has 0 aliphatic carbocycles. The van der Waals surface area contributed by atoms with E-state index in [1.54, 1.807) is 14.2 Å². The van der Waals surface area contributed by atoms with Gasteiger partial charge in [-0.1, -0.05) is 31.2 Å². The third kappa shape index (κ3) is 3.65. The van der Waals surface area contributed by atoms with Crippen molar-refractivity contribution in [3.63, 3.8) is 0 Å². The van der Waals surface area contributed by atoms with Crippen LogP contribution in [-0.4, -0.2) is 25.3 Å². The number of carboxylic acids is 1. The monoisotopic (exact) mass is 314 g/mol. The van der Waals surface area contributed by atoms with Crippen LogP contribution in [-0.2, 0) is 4.79 Å². The van der Waals surface area contributed by atoms with Crippen molar-refractivity contribution >= 4 is 5.97 Å². The number of hydrogen-bond donors (Lipinski definition) is 1. The Morgan fingerprint density at radius 3 is 2.39 bits per heavy atom. The van der Waals surface area contributed by atoms with E-state index in [4.69, 9.17) is 14.6 Å². The van der Waals surface area contributed by atoms with Crippen LogP contribution in [0.25, 0.3) is 11.1 Å². The summed E-state index contributed by atoms with van der Waals surface area (Å²) in [4.78, 5) is 11.0. The van der Waals surface area contributed by atoms with Gasteiger partial charge in [0.25, 0.3) is 0 Å². The summed E-state index contributed by atoms with van der Waals surface area (Å²) in [6.07, 6.45) is 0.0721. The number of carbonyl (C=O) groups is 1. The van der Waals surface area contributed by atoms with Gasteiger partial charge in [-0.15, -0.1) is 0 Å². The van der Waals surface area contributed by atoms with Crippen molar-refractivity contribution in [2.24, 2.45) is 0 Å². The van der Waals surface area contributed by atoms with Gasteiger partial charge in [-0.2, -0.15) is 0 Å². The molecule has 1 N–H and O–H groups in total. The van der Waals surface area contributed by atoms with Gasteiger partial charge >= 0.3 is 5.97 Å². The molecule has 0 heterocycles. The molecule has 0 amide bonds. The fourth-order valence-electron chi connectivity index (χ4n) is 2.73. The van der Waals surface area contributed by atoms with Gasteiger partial charge in [0.05, 0.1) is 20.6 Å². The second kappa shape index (κ2) is 7.18. The molecule has 0 radical (unpaired) electrons. The summed E-state index contributed by atoms with van der Waals surface area (Å²) in [5.74, 6) is 0.341. The normalized spacial score (nSPS) is 11.8. The first-order valence-electron chi connectivity index (χ1n) is 7.51. The van der Waals surface area contributed by atoms with Crippen LogP contribution < -0.4 is 9.47 Å². The van der Waals surface area contributed by atoms with E-state index in [0.717, 1.165) is 22.3 Å². The molecule has 0 aliphatic heterocycles. The van der Waals surface area contributed by atoms with Crippen molar-refractivity contribution in [1.29, 1.82) is 0 Å². The number of hydrogen-bond acceptors (Lipinski definition) is 3. The van der Waals surface area contributed by atoms with Crippen LogP contribution >= 0.6 is 0 Å². The van der Waals surface area contributed by atoms with Crippen LogP contribution in [0.2, 0.25) is 0 Å². The van der Waals surface area contributed by atoms with Gasteiger partial charge in [-0.05, 0) is 41.7 Å². The Morgan fingerprint density at radius 1 is 1.13 bits per heavy atom. The zero-order valence-electron chi connectivity index (χ0n) is 13.9. The first kappa shape index (κ1) is 16.9. The van der Waals surface area contributed by atoms with Crippen LogP contribution in [0.4, 0.5) is 0 Å². The SMILES string of the molecule is COc1cc(C(C)CC(=O)O)cc(-c2ccccc2C)c1OC. The number of aryl methyl sites for hydroxylation is 1. The average molecular weight is 314 g/mol. The van der Waals surface area contributed by atoms with Crippen molar-refractivity contribution in [2.45, 2.75) is 26.2 Å². The first-order valence-corrected chi connectivity index (χ1v) is 7.51. The Balaban J connectivity index is 2.64. The van der Waals surface area contributed by atoms with Crippen molar-refractivity contribution in [3.8, 4) is 22.6 Å². The van der Waals surface area contributed by atoms with Gasteiger partial charge in [0, 0.05) is 5.56 Å². The van der Waals surface area contributed by atoms with E-state index < -0.39 is 5.97 Å². The van der Waals surface area contributed by atoms with Crippen LogP contribution in [0, 0.1) is 6.92 Å². The fourth-order valence-corrected chi connectivity index (χ4v) is 2.73. The van der Waals surface area contributed by atoms with Crippen LogP contribution in [0.5, 0.6) is 11.5 Å². The molecular weight excluding hydrogens is 292 g/mol. The van der Waals surface area contributed by atoms with E-state index in [9.17, 15) is 4.79 Å². The fraction of sp³-hybridized carbons (Fsp3) is 0.316. The molecule has 2 aromatic rings. The predicted molar refractivity (Wildman–Crippen MR) is 90.4 cm³/mol. The second-order valence-electron chi connectivity index (χ2n) is 5.62. The number of benzene rings is 2. The highest BCUT2D eigenvalue weighted by Gasteiger charge is 2.19. The number of aliphatic carboxylic acids is 1. The molecule has 0 aromatic heterocycles. The van der Waals surface area contributed by atoms with E-state index in [1.807, 2.05) is 50.2 Å². The van der Waals surface area contributed by atoms with E-state index in [2.05, 4.69) is 0 Å². The van der Waals surface area contributed by atoms with Gasteiger partial charge in [0.1, 0.15) is 0 Å². The van der Waals surface area contributed by atoms with Crippen LogP contribution in [0.15, 0.2) is 36.4 Å². The molecule has 1 atom stereocenters. The van der Waals surface area contributed by atoms with Crippen molar-refractivity contribution in [1.82, 2.24) is 0 Å². The predicted octanol–water partition coefficient (Wildman–Crippen LogP) is 4.26. The van der Waals surface area contributed by atoms with Gasteiger partial charge in [-0.25, -0.2) is 0 Å². The molecule has 0 saturated carbocycles. The van der Waals surface area contributed by atoms with Gasteiger partial charge in [0.15, 0.2) is 11.5 Å². The third-order valence-corrected chi connectivity index (χ3v) is 3.99. The molecule has 1 unspecified atom stereocenters. The maximum absolute atomic E-state index is 11.0. The highest BCUT2D eigenvalue weighted by molar-refractivity contribution is 5.77. The minimum absolute atomic E-state index is 0.0721.